The number of Topliss-reactive ketones (excluding diaryl/α,β-unsaturated/α-hetero) is 1. The predicted octanol–water partition coefficient (Wildman–Crippen LogP) is 5.20. The van der Waals surface area contributed by atoms with Gasteiger partial charge in [-0.05, 0) is 12.5 Å². The molecule has 0 N–H and O–H groups in total. The first-order valence-electron chi connectivity index (χ1n) is 7.34. The topological polar surface area (TPSA) is 17.1 Å². The molecular weight excluding hydrogens is 220 g/mol. The van der Waals surface area contributed by atoms with E-state index in [1.807, 2.05) is 12.1 Å². The molecule has 1 rings (SSSR count). The normalized spacial score (nSPS) is 10.5. The van der Waals surface area contributed by atoms with E-state index < -0.39 is 0 Å². The summed E-state index contributed by atoms with van der Waals surface area (Å²) >= 11 is 0. The van der Waals surface area contributed by atoms with Crippen LogP contribution < -0.4 is 0 Å². The zero-order valence-corrected chi connectivity index (χ0v) is 11.6. The third kappa shape index (κ3) is 6.58. The van der Waals surface area contributed by atoms with Crippen LogP contribution in [0.4, 0.5) is 0 Å². The molecular formula is C17H25O. The molecule has 0 bridgehead atoms. The third-order valence-corrected chi connectivity index (χ3v) is 3.30. The minimum absolute atomic E-state index is 0.273. The highest BCUT2D eigenvalue weighted by Crippen LogP contribution is 2.11. The van der Waals surface area contributed by atoms with E-state index in [0.717, 1.165) is 12.0 Å². The molecule has 18 heavy (non-hydrogen) atoms. The molecule has 0 amide bonds. The lowest BCUT2D eigenvalue weighted by atomic mass is 10.0. The smallest absolute Gasteiger partial charge is 0.162 e. The lowest BCUT2D eigenvalue weighted by Gasteiger charge is -2.02. The minimum atomic E-state index is 0.273. The van der Waals surface area contributed by atoms with Gasteiger partial charge in [0.15, 0.2) is 5.78 Å². The number of rotatable bonds is 10. The molecule has 0 saturated carbocycles. The van der Waals surface area contributed by atoms with Gasteiger partial charge in [0.1, 0.15) is 0 Å². The van der Waals surface area contributed by atoms with Crippen molar-refractivity contribution in [3.8, 4) is 0 Å². The predicted molar refractivity (Wildman–Crippen MR) is 76.8 cm³/mol. The van der Waals surface area contributed by atoms with Crippen LogP contribution in [0.25, 0.3) is 0 Å². The third-order valence-electron chi connectivity index (χ3n) is 3.30. The van der Waals surface area contributed by atoms with E-state index in [-0.39, 0.29) is 5.78 Å². The van der Waals surface area contributed by atoms with Gasteiger partial charge < -0.3 is 0 Å². The average molecular weight is 245 g/mol. The molecule has 0 aliphatic carbocycles. The van der Waals surface area contributed by atoms with Crippen molar-refractivity contribution in [1.82, 2.24) is 0 Å². The number of benzene rings is 1. The molecule has 0 spiro atoms. The standard InChI is InChI=1S/C17H25O/c1-2-3-4-5-6-7-8-12-15-17(18)16-13-10-9-11-14-16/h10-11,13-14H,2-8,12,15H2,1H3. The van der Waals surface area contributed by atoms with Crippen LogP contribution in [0, 0.1) is 6.07 Å². The van der Waals surface area contributed by atoms with Crippen molar-refractivity contribution in [2.75, 3.05) is 0 Å². The Balaban J connectivity index is 2.00. The summed E-state index contributed by atoms with van der Waals surface area (Å²) < 4.78 is 0. The van der Waals surface area contributed by atoms with Gasteiger partial charge in [-0.15, -0.1) is 0 Å². The summed E-state index contributed by atoms with van der Waals surface area (Å²) in [6.45, 7) is 2.24. The second kappa shape index (κ2) is 9.87. The zero-order valence-electron chi connectivity index (χ0n) is 11.6. The van der Waals surface area contributed by atoms with Crippen LogP contribution in [0.5, 0.6) is 0 Å². The van der Waals surface area contributed by atoms with Crippen LogP contribution in [-0.4, -0.2) is 5.78 Å². The van der Waals surface area contributed by atoms with Gasteiger partial charge in [0.2, 0.25) is 0 Å². The summed E-state index contributed by atoms with van der Waals surface area (Å²) in [7, 11) is 0. The van der Waals surface area contributed by atoms with Crippen molar-refractivity contribution in [3.05, 3.63) is 35.9 Å². The van der Waals surface area contributed by atoms with Crippen LogP contribution in [-0.2, 0) is 0 Å². The number of ketones is 1. The lowest BCUT2D eigenvalue weighted by molar-refractivity contribution is 0.0979. The van der Waals surface area contributed by atoms with Gasteiger partial charge >= 0.3 is 0 Å². The summed E-state index contributed by atoms with van der Waals surface area (Å²) in [4.78, 5) is 11.8. The highest BCUT2D eigenvalue weighted by atomic mass is 16.1. The van der Waals surface area contributed by atoms with E-state index in [0.29, 0.717) is 6.42 Å². The average Bonchev–Trinajstić information content (AvgIpc) is 2.42. The van der Waals surface area contributed by atoms with Gasteiger partial charge in [-0.25, -0.2) is 0 Å². The van der Waals surface area contributed by atoms with E-state index in [1.165, 1.54) is 44.9 Å². The van der Waals surface area contributed by atoms with Crippen molar-refractivity contribution in [2.45, 2.75) is 64.7 Å². The van der Waals surface area contributed by atoms with Gasteiger partial charge in [-0.1, -0.05) is 76.1 Å². The van der Waals surface area contributed by atoms with Crippen LogP contribution in [0.1, 0.15) is 75.1 Å². The van der Waals surface area contributed by atoms with Crippen LogP contribution in [0.3, 0.4) is 0 Å². The molecule has 0 aliphatic rings. The lowest BCUT2D eigenvalue weighted by Crippen LogP contribution is -1.98. The van der Waals surface area contributed by atoms with E-state index in [2.05, 4.69) is 13.0 Å². The Kier molecular flexibility index (Phi) is 8.20. The van der Waals surface area contributed by atoms with Gasteiger partial charge in [-0.2, -0.15) is 0 Å². The molecule has 1 aromatic rings. The molecule has 99 valence electrons. The molecule has 1 heteroatoms. The Hall–Kier alpha value is -1.11. The second-order valence-electron chi connectivity index (χ2n) is 4.94. The Morgan fingerprint density at radius 2 is 1.50 bits per heavy atom. The molecule has 0 aromatic heterocycles. The first-order valence-corrected chi connectivity index (χ1v) is 7.34. The summed E-state index contributed by atoms with van der Waals surface area (Å²) in [6, 6.07) is 10.3. The fraction of sp³-hybridized carbons (Fsp3) is 0.588. The number of carbonyl (C=O) groups excluding carboxylic acids is 1. The molecule has 0 aliphatic heterocycles. The quantitative estimate of drug-likeness (QED) is 0.409. The Morgan fingerprint density at radius 3 is 2.11 bits per heavy atom. The van der Waals surface area contributed by atoms with Crippen molar-refractivity contribution in [2.24, 2.45) is 0 Å². The second-order valence-corrected chi connectivity index (χ2v) is 4.94. The van der Waals surface area contributed by atoms with E-state index in [4.69, 9.17) is 0 Å². The van der Waals surface area contributed by atoms with Crippen molar-refractivity contribution < 1.29 is 4.79 Å². The Bertz CT molecular complexity index is 316. The van der Waals surface area contributed by atoms with Crippen LogP contribution in [0.2, 0.25) is 0 Å². The summed E-state index contributed by atoms with van der Waals surface area (Å²) in [6.07, 6.45) is 10.9. The largest absolute Gasteiger partial charge is 0.294 e. The van der Waals surface area contributed by atoms with E-state index in [9.17, 15) is 4.79 Å². The maximum atomic E-state index is 11.8. The Labute approximate surface area is 112 Å². The fourth-order valence-electron chi connectivity index (χ4n) is 2.14. The summed E-state index contributed by atoms with van der Waals surface area (Å²) in [5.74, 6) is 0.273. The summed E-state index contributed by atoms with van der Waals surface area (Å²) in [5, 5.41) is 0. The van der Waals surface area contributed by atoms with Crippen molar-refractivity contribution >= 4 is 5.78 Å². The zero-order chi connectivity index (χ0) is 13.1. The monoisotopic (exact) mass is 245 g/mol. The van der Waals surface area contributed by atoms with E-state index >= 15 is 0 Å². The highest BCUT2D eigenvalue weighted by Gasteiger charge is 2.03. The highest BCUT2D eigenvalue weighted by molar-refractivity contribution is 5.95. The first kappa shape index (κ1) is 14.9. The molecule has 0 unspecified atom stereocenters. The van der Waals surface area contributed by atoms with Crippen LogP contribution in [0.15, 0.2) is 24.3 Å². The van der Waals surface area contributed by atoms with Crippen molar-refractivity contribution in [1.29, 1.82) is 0 Å². The SMILES string of the molecule is CCCCCCCCCCC(=O)c1cc[c]cc1. The minimum Gasteiger partial charge on any atom is -0.294 e. The first-order chi connectivity index (χ1) is 8.84. The number of hydrogen-bond acceptors (Lipinski definition) is 1. The molecule has 0 heterocycles. The van der Waals surface area contributed by atoms with Gasteiger partial charge in [-0.3, -0.25) is 4.79 Å². The fourth-order valence-corrected chi connectivity index (χ4v) is 2.14. The number of hydrogen-bond donors (Lipinski definition) is 0. The molecule has 0 fully saturated rings. The maximum Gasteiger partial charge on any atom is 0.162 e. The molecule has 1 nitrogen and oxygen atoms in total. The Morgan fingerprint density at radius 1 is 0.944 bits per heavy atom. The van der Waals surface area contributed by atoms with E-state index in [1.54, 1.807) is 12.1 Å². The van der Waals surface area contributed by atoms with Gasteiger partial charge in [0.25, 0.3) is 0 Å². The molecule has 0 saturated heterocycles. The van der Waals surface area contributed by atoms with Gasteiger partial charge in [0.05, 0.1) is 0 Å². The van der Waals surface area contributed by atoms with Gasteiger partial charge in [0, 0.05) is 12.0 Å². The molecule has 1 aromatic carbocycles. The van der Waals surface area contributed by atoms with Crippen LogP contribution >= 0.6 is 0 Å². The van der Waals surface area contributed by atoms with Crippen molar-refractivity contribution in [3.63, 3.8) is 0 Å². The molecule has 1 radical (unpaired) electrons. The summed E-state index contributed by atoms with van der Waals surface area (Å²) in [5.41, 5.74) is 0.830. The maximum absolute atomic E-state index is 11.8. The number of unbranched alkanes of at least 4 members (excludes halogenated alkanes) is 7. The molecule has 0 atom stereocenters. The number of carbonyl (C=O) groups is 1.